The molecule has 0 unspecified atom stereocenters. The summed E-state index contributed by atoms with van der Waals surface area (Å²) in [6.07, 6.45) is 0. The van der Waals surface area contributed by atoms with Gasteiger partial charge in [-0.2, -0.15) is 0 Å². The Labute approximate surface area is 119 Å². The van der Waals surface area contributed by atoms with Gasteiger partial charge in [0.1, 0.15) is 0 Å². The van der Waals surface area contributed by atoms with Gasteiger partial charge in [0.2, 0.25) is 0 Å². The molecule has 0 saturated carbocycles. The van der Waals surface area contributed by atoms with Gasteiger partial charge in [-0.3, -0.25) is 0 Å². The molecule has 1 rings (SSSR count). The first kappa shape index (κ1) is 17.2. The molecule has 1 amide bonds. The Morgan fingerprint density at radius 1 is 1.11 bits per heavy atom. The SMILES string of the molecule is CCN(CC)C(=O)c1cccc[c]1[GeH3].CN(C)C. The number of hydrogen-bond donors (Lipinski definition) is 0. The second-order valence-corrected chi connectivity index (χ2v) is 6.89. The average molecular weight is 311 g/mol. The molecule has 1 aromatic rings. The van der Waals surface area contributed by atoms with Crippen LogP contribution in [0.4, 0.5) is 0 Å². The van der Waals surface area contributed by atoms with Gasteiger partial charge in [-0.05, 0) is 21.1 Å². The number of benzene rings is 1. The number of hydrogen-bond acceptors (Lipinski definition) is 2. The third kappa shape index (κ3) is 6.21. The summed E-state index contributed by atoms with van der Waals surface area (Å²) in [6, 6.07) is 7.92. The van der Waals surface area contributed by atoms with Gasteiger partial charge in [-0.25, -0.2) is 0 Å². The topological polar surface area (TPSA) is 23.6 Å². The molecule has 0 radical (unpaired) electrons. The van der Waals surface area contributed by atoms with Crippen LogP contribution in [0.15, 0.2) is 24.3 Å². The Morgan fingerprint density at radius 2 is 1.56 bits per heavy atom. The first-order chi connectivity index (χ1) is 8.43. The molecule has 0 heterocycles. The van der Waals surface area contributed by atoms with E-state index in [4.69, 9.17) is 0 Å². The maximum atomic E-state index is 12.0. The fraction of sp³-hybridized carbons (Fsp3) is 0.500. The first-order valence-electron chi connectivity index (χ1n) is 6.39. The summed E-state index contributed by atoms with van der Waals surface area (Å²) >= 11 is 0.562. The largest absolute Gasteiger partial charge is 0.312 e. The van der Waals surface area contributed by atoms with Gasteiger partial charge in [0.15, 0.2) is 0 Å². The number of nitrogens with zero attached hydrogens (tertiary/aromatic N) is 2. The molecular weight excluding hydrogens is 285 g/mol. The quantitative estimate of drug-likeness (QED) is 0.752. The molecule has 0 aromatic heterocycles. The van der Waals surface area contributed by atoms with Crippen molar-refractivity contribution >= 4 is 26.8 Å². The van der Waals surface area contributed by atoms with E-state index in [1.54, 1.807) is 0 Å². The van der Waals surface area contributed by atoms with Crippen LogP contribution in [-0.4, -0.2) is 66.5 Å². The van der Waals surface area contributed by atoms with Gasteiger partial charge in [-0.1, -0.05) is 0 Å². The molecule has 102 valence electrons. The molecule has 0 aliphatic rings. The minimum atomic E-state index is 0.179. The van der Waals surface area contributed by atoms with Gasteiger partial charge in [0.05, 0.1) is 0 Å². The second-order valence-electron chi connectivity index (χ2n) is 4.63. The van der Waals surface area contributed by atoms with Gasteiger partial charge in [0.25, 0.3) is 0 Å². The van der Waals surface area contributed by atoms with E-state index < -0.39 is 0 Å². The van der Waals surface area contributed by atoms with E-state index >= 15 is 0 Å². The molecule has 0 aliphatic carbocycles. The molecule has 4 heteroatoms. The zero-order chi connectivity index (χ0) is 14.1. The van der Waals surface area contributed by atoms with E-state index in [0.29, 0.717) is 16.5 Å². The van der Waals surface area contributed by atoms with Crippen LogP contribution in [0.25, 0.3) is 0 Å². The van der Waals surface area contributed by atoms with E-state index in [0.717, 1.165) is 18.7 Å². The van der Waals surface area contributed by atoms with Crippen molar-refractivity contribution in [2.45, 2.75) is 13.8 Å². The molecule has 1 aromatic carbocycles. The van der Waals surface area contributed by atoms with Crippen LogP contribution in [0, 0.1) is 0 Å². The van der Waals surface area contributed by atoms with Crippen LogP contribution in [0.3, 0.4) is 0 Å². The smallest absolute Gasteiger partial charge is 0.0140 e. The van der Waals surface area contributed by atoms with Crippen molar-refractivity contribution in [2.24, 2.45) is 0 Å². The average Bonchev–Trinajstić information content (AvgIpc) is 2.30. The zero-order valence-corrected chi connectivity index (χ0v) is 16.7. The minimum absolute atomic E-state index is 0.179. The molecule has 0 bridgehead atoms. The first-order valence-corrected chi connectivity index (χ1v) is 8.49. The van der Waals surface area contributed by atoms with Gasteiger partial charge < -0.3 is 4.90 Å². The Morgan fingerprint density at radius 3 is 1.94 bits per heavy atom. The third-order valence-electron chi connectivity index (χ3n) is 2.43. The molecule has 0 atom stereocenters. The fourth-order valence-electron chi connectivity index (χ4n) is 1.49. The summed E-state index contributed by atoms with van der Waals surface area (Å²) in [4.78, 5) is 15.8. The number of rotatable bonds is 3. The van der Waals surface area contributed by atoms with Gasteiger partial charge >= 0.3 is 93.3 Å². The standard InChI is InChI=1S/C11H17GeNO.C3H9N/c1-3-13(4-2)11(14)9-7-5-6-8-10(9)12;1-4(2)3/h5-8H,3-4H2,1-2,12H3;1-3H3. The Kier molecular flexibility index (Phi) is 8.76. The van der Waals surface area contributed by atoms with Crippen LogP contribution >= 0.6 is 0 Å². The third-order valence-corrected chi connectivity index (χ3v) is 4.26. The molecular formula is C14H26GeN2O. The molecule has 0 spiro atoms. The second kappa shape index (κ2) is 9.17. The van der Waals surface area contributed by atoms with Crippen LogP contribution in [0.5, 0.6) is 0 Å². The van der Waals surface area contributed by atoms with E-state index in [9.17, 15) is 4.79 Å². The van der Waals surface area contributed by atoms with Crippen molar-refractivity contribution in [3.63, 3.8) is 0 Å². The van der Waals surface area contributed by atoms with Crippen molar-refractivity contribution in [3.05, 3.63) is 29.8 Å². The number of carbonyl (C=O) groups is 1. The van der Waals surface area contributed by atoms with Crippen molar-refractivity contribution in [2.75, 3.05) is 34.2 Å². The van der Waals surface area contributed by atoms with Gasteiger partial charge in [-0.15, -0.1) is 0 Å². The summed E-state index contributed by atoms with van der Waals surface area (Å²) in [7, 11) is 6.00. The monoisotopic (exact) mass is 312 g/mol. The number of carbonyl (C=O) groups excluding carboxylic acids is 1. The minimum Gasteiger partial charge on any atom is -0.312 e. The summed E-state index contributed by atoms with van der Waals surface area (Å²) in [5.41, 5.74) is 0.899. The zero-order valence-electron chi connectivity index (χ0n) is 12.5. The van der Waals surface area contributed by atoms with Gasteiger partial charge in [0, 0.05) is 0 Å². The molecule has 0 N–H and O–H groups in total. The number of amides is 1. The normalized spacial score (nSPS) is 9.89. The van der Waals surface area contributed by atoms with E-state index in [1.165, 1.54) is 4.40 Å². The van der Waals surface area contributed by atoms with Crippen molar-refractivity contribution in [1.29, 1.82) is 0 Å². The maximum absolute atomic E-state index is 12.0. The van der Waals surface area contributed by atoms with E-state index in [2.05, 4.69) is 6.07 Å². The van der Waals surface area contributed by atoms with E-state index in [1.807, 2.05) is 63.0 Å². The molecule has 0 saturated heterocycles. The van der Waals surface area contributed by atoms with Crippen molar-refractivity contribution in [1.82, 2.24) is 9.80 Å². The van der Waals surface area contributed by atoms with Crippen LogP contribution in [0.1, 0.15) is 24.2 Å². The molecule has 0 fully saturated rings. The van der Waals surface area contributed by atoms with Crippen molar-refractivity contribution < 1.29 is 4.79 Å². The summed E-state index contributed by atoms with van der Waals surface area (Å²) in [5, 5.41) is 0. The Bertz CT molecular complexity index is 360. The van der Waals surface area contributed by atoms with E-state index in [-0.39, 0.29) is 5.91 Å². The summed E-state index contributed by atoms with van der Waals surface area (Å²) in [5.74, 6) is 0.179. The maximum Gasteiger partial charge on any atom is -0.0140 e. The fourth-order valence-corrected chi connectivity index (χ4v) is 2.70. The van der Waals surface area contributed by atoms with Crippen LogP contribution in [0.2, 0.25) is 0 Å². The molecule has 3 nitrogen and oxygen atoms in total. The summed E-state index contributed by atoms with van der Waals surface area (Å²) < 4.78 is 1.23. The molecule has 18 heavy (non-hydrogen) atoms. The summed E-state index contributed by atoms with van der Waals surface area (Å²) in [6.45, 7) is 5.61. The Hall–Kier alpha value is -0.807. The van der Waals surface area contributed by atoms with Crippen LogP contribution < -0.4 is 4.40 Å². The van der Waals surface area contributed by atoms with Crippen LogP contribution in [-0.2, 0) is 0 Å². The van der Waals surface area contributed by atoms with Crippen molar-refractivity contribution in [3.8, 4) is 0 Å². The molecule has 0 aliphatic heterocycles. The Balaban J connectivity index is 0.000000631. The predicted molar refractivity (Wildman–Crippen MR) is 82.9 cm³/mol. The predicted octanol–water partition coefficient (Wildman–Crippen LogP) is 0.337.